The average Bonchev–Trinajstić information content (AvgIpc) is 2.51. The normalized spacial score (nSPS) is 12.2. The lowest BCUT2D eigenvalue weighted by Crippen LogP contribution is -2.21. The maximum absolute atomic E-state index is 14.2. The van der Waals surface area contributed by atoms with Crippen LogP contribution in [0.15, 0.2) is 40.9 Å². The molecule has 0 saturated carbocycles. The fourth-order valence-electron chi connectivity index (χ4n) is 2.21. The van der Waals surface area contributed by atoms with E-state index in [1.165, 1.54) is 12.1 Å². The van der Waals surface area contributed by atoms with E-state index in [0.717, 1.165) is 11.3 Å². The molecule has 5 heteroatoms. The zero-order chi connectivity index (χ0) is 15.4. The summed E-state index contributed by atoms with van der Waals surface area (Å²) in [5, 5.41) is 2.97. The maximum atomic E-state index is 14.2. The van der Waals surface area contributed by atoms with E-state index in [1.54, 1.807) is 14.2 Å². The van der Waals surface area contributed by atoms with Gasteiger partial charge in [0, 0.05) is 11.6 Å². The first-order valence-electron chi connectivity index (χ1n) is 6.50. The Labute approximate surface area is 131 Å². The third-order valence-electron chi connectivity index (χ3n) is 3.38. The van der Waals surface area contributed by atoms with Gasteiger partial charge in [0.25, 0.3) is 0 Å². The summed E-state index contributed by atoms with van der Waals surface area (Å²) >= 11 is 3.10. The van der Waals surface area contributed by atoms with Crippen molar-refractivity contribution in [3.63, 3.8) is 0 Å². The second-order valence-corrected chi connectivity index (χ2v) is 5.50. The molecule has 0 aromatic heterocycles. The van der Waals surface area contributed by atoms with Crippen LogP contribution in [0.3, 0.4) is 0 Å². The zero-order valence-electron chi connectivity index (χ0n) is 11.8. The topological polar surface area (TPSA) is 21.3 Å². The Bertz CT molecular complexity index is 616. The molecule has 0 radical (unpaired) electrons. The van der Waals surface area contributed by atoms with Crippen molar-refractivity contribution >= 4 is 15.9 Å². The van der Waals surface area contributed by atoms with Crippen LogP contribution in [0.5, 0.6) is 5.75 Å². The van der Waals surface area contributed by atoms with Gasteiger partial charge in [0.15, 0.2) is 0 Å². The van der Waals surface area contributed by atoms with Gasteiger partial charge in [-0.3, -0.25) is 0 Å². The Morgan fingerprint density at radius 3 is 2.38 bits per heavy atom. The lowest BCUT2D eigenvalue weighted by molar-refractivity contribution is 0.414. The van der Waals surface area contributed by atoms with Gasteiger partial charge in [-0.2, -0.15) is 0 Å². The van der Waals surface area contributed by atoms with Crippen molar-refractivity contribution in [1.29, 1.82) is 0 Å². The van der Waals surface area contributed by atoms with Gasteiger partial charge in [0.05, 0.1) is 11.6 Å². The number of nitrogens with one attached hydrogen (secondary N) is 1. The second-order valence-electron chi connectivity index (χ2n) is 4.65. The van der Waals surface area contributed by atoms with Crippen molar-refractivity contribution in [3.8, 4) is 5.75 Å². The SMILES string of the molecule is CNC(Cc1ccc(OC)cc1)c1c(F)ccc(Br)c1F. The third kappa shape index (κ3) is 3.60. The van der Waals surface area contributed by atoms with Crippen LogP contribution in [-0.2, 0) is 6.42 Å². The van der Waals surface area contributed by atoms with Crippen molar-refractivity contribution in [1.82, 2.24) is 5.32 Å². The average molecular weight is 356 g/mol. The van der Waals surface area contributed by atoms with Crippen molar-refractivity contribution < 1.29 is 13.5 Å². The molecule has 1 atom stereocenters. The molecule has 0 heterocycles. The molecule has 112 valence electrons. The van der Waals surface area contributed by atoms with E-state index in [4.69, 9.17) is 4.74 Å². The van der Waals surface area contributed by atoms with Crippen molar-refractivity contribution in [3.05, 3.63) is 63.6 Å². The van der Waals surface area contributed by atoms with Crippen LogP contribution in [0, 0.1) is 11.6 Å². The van der Waals surface area contributed by atoms with Crippen molar-refractivity contribution in [2.45, 2.75) is 12.5 Å². The van der Waals surface area contributed by atoms with E-state index in [-0.39, 0.29) is 10.0 Å². The van der Waals surface area contributed by atoms with Crippen LogP contribution in [-0.4, -0.2) is 14.2 Å². The summed E-state index contributed by atoms with van der Waals surface area (Å²) in [5.41, 5.74) is 1.01. The van der Waals surface area contributed by atoms with Gasteiger partial charge < -0.3 is 10.1 Å². The number of benzene rings is 2. The number of likely N-dealkylation sites (N-methyl/N-ethyl adjacent to an activating group) is 1. The fourth-order valence-corrected chi connectivity index (χ4v) is 2.55. The molecule has 0 bridgehead atoms. The van der Waals surface area contributed by atoms with Crippen LogP contribution in [0.2, 0.25) is 0 Å². The highest BCUT2D eigenvalue weighted by atomic mass is 79.9. The van der Waals surface area contributed by atoms with Crippen molar-refractivity contribution in [2.24, 2.45) is 0 Å². The Morgan fingerprint density at radius 1 is 1.14 bits per heavy atom. The van der Waals surface area contributed by atoms with E-state index in [0.29, 0.717) is 6.42 Å². The van der Waals surface area contributed by atoms with Crippen LogP contribution < -0.4 is 10.1 Å². The number of hydrogen-bond acceptors (Lipinski definition) is 2. The maximum Gasteiger partial charge on any atom is 0.145 e. The summed E-state index contributed by atoms with van der Waals surface area (Å²) in [6.45, 7) is 0. The Kier molecular flexibility index (Phi) is 5.31. The first-order chi connectivity index (χ1) is 10.1. The number of halogens is 3. The van der Waals surface area contributed by atoms with E-state index >= 15 is 0 Å². The molecule has 1 N–H and O–H groups in total. The van der Waals surface area contributed by atoms with Crippen LogP contribution >= 0.6 is 15.9 Å². The van der Waals surface area contributed by atoms with E-state index < -0.39 is 17.7 Å². The minimum absolute atomic E-state index is 0.0442. The molecule has 0 aliphatic heterocycles. The van der Waals surface area contributed by atoms with Gasteiger partial charge in [-0.15, -0.1) is 0 Å². The van der Waals surface area contributed by atoms with Gasteiger partial charge in [-0.25, -0.2) is 8.78 Å². The molecular formula is C16H16BrF2NO. The Balaban J connectivity index is 2.29. The van der Waals surface area contributed by atoms with E-state index in [2.05, 4.69) is 21.2 Å². The molecule has 21 heavy (non-hydrogen) atoms. The molecule has 0 aliphatic carbocycles. The molecule has 0 spiro atoms. The molecule has 0 amide bonds. The molecule has 0 fully saturated rings. The Hall–Kier alpha value is -1.46. The predicted molar refractivity (Wildman–Crippen MR) is 82.6 cm³/mol. The van der Waals surface area contributed by atoms with Gasteiger partial charge >= 0.3 is 0 Å². The highest BCUT2D eigenvalue weighted by molar-refractivity contribution is 9.10. The highest BCUT2D eigenvalue weighted by Gasteiger charge is 2.21. The van der Waals surface area contributed by atoms with Crippen LogP contribution in [0.4, 0.5) is 8.78 Å². The number of ether oxygens (including phenoxy) is 1. The number of rotatable bonds is 5. The standard InChI is InChI=1S/C16H16BrF2NO/c1-20-14(9-10-3-5-11(21-2)6-4-10)15-13(18)8-7-12(17)16(15)19/h3-8,14,20H,9H2,1-2H3. The quantitative estimate of drug-likeness (QED) is 0.810. The molecule has 0 aliphatic rings. The van der Waals surface area contributed by atoms with Crippen molar-refractivity contribution in [2.75, 3.05) is 14.2 Å². The first-order valence-corrected chi connectivity index (χ1v) is 7.29. The van der Waals surface area contributed by atoms with Crippen LogP contribution in [0.25, 0.3) is 0 Å². The highest BCUT2D eigenvalue weighted by Crippen LogP contribution is 2.29. The van der Waals surface area contributed by atoms with Crippen LogP contribution in [0.1, 0.15) is 17.2 Å². The summed E-state index contributed by atoms with van der Waals surface area (Å²) in [6.07, 6.45) is 0.477. The minimum atomic E-state index is -0.567. The van der Waals surface area contributed by atoms with E-state index in [1.807, 2.05) is 24.3 Å². The van der Waals surface area contributed by atoms with Gasteiger partial charge in [-0.05, 0) is 59.2 Å². The van der Waals surface area contributed by atoms with E-state index in [9.17, 15) is 8.78 Å². The molecule has 2 rings (SSSR count). The summed E-state index contributed by atoms with van der Waals surface area (Å²) in [7, 11) is 3.28. The van der Waals surface area contributed by atoms with Gasteiger partial charge in [0.2, 0.25) is 0 Å². The smallest absolute Gasteiger partial charge is 0.145 e. The zero-order valence-corrected chi connectivity index (χ0v) is 13.4. The number of methoxy groups -OCH3 is 1. The lowest BCUT2D eigenvalue weighted by Gasteiger charge is -2.19. The number of hydrogen-bond donors (Lipinski definition) is 1. The monoisotopic (exact) mass is 355 g/mol. The lowest BCUT2D eigenvalue weighted by atomic mass is 9.98. The molecule has 1 unspecified atom stereocenters. The third-order valence-corrected chi connectivity index (χ3v) is 3.99. The molecular weight excluding hydrogens is 340 g/mol. The molecule has 2 aromatic rings. The first kappa shape index (κ1) is 15.9. The summed E-state index contributed by atoms with van der Waals surface area (Å²) in [5.74, 6) is -0.369. The molecule has 0 saturated heterocycles. The largest absolute Gasteiger partial charge is 0.497 e. The summed E-state index contributed by atoms with van der Waals surface area (Å²) in [6, 6.07) is 9.62. The summed E-state index contributed by atoms with van der Waals surface area (Å²) in [4.78, 5) is 0. The van der Waals surface area contributed by atoms with Gasteiger partial charge in [0.1, 0.15) is 17.4 Å². The minimum Gasteiger partial charge on any atom is -0.497 e. The molecule has 2 aromatic carbocycles. The summed E-state index contributed by atoms with van der Waals surface area (Å²) < 4.78 is 33.5. The predicted octanol–water partition coefficient (Wildman–Crippen LogP) is 4.24. The fraction of sp³-hybridized carbons (Fsp3) is 0.250. The Morgan fingerprint density at radius 2 is 1.81 bits per heavy atom. The van der Waals surface area contributed by atoms with Gasteiger partial charge in [-0.1, -0.05) is 12.1 Å². The second kappa shape index (κ2) is 7.00. The molecule has 2 nitrogen and oxygen atoms in total.